The minimum absolute atomic E-state index is 0.0201. The lowest BCUT2D eigenvalue weighted by molar-refractivity contribution is 0.200. The van der Waals surface area contributed by atoms with Crippen molar-refractivity contribution in [1.29, 1.82) is 0 Å². The van der Waals surface area contributed by atoms with Gasteiger partial charge in [-0.1, -0.05) is 175 Å². The Balaban J connectivity index is 0.000000128. The normalized spacial score (nSPS) is 24.5. The highest BCUT2D eigenvalue weighted by molar-refractivity contribution is 7.84. The van der Waals surface area contributed by atoms with Crippen LogP contribution in [-0.4, -0.2) is 80.3 Å². The van der Waals surface area contributed by atoms with Crippen LogP contribution in [0.4, 0.5) is 17.3 Å². The van der Waals surface area contributed by atoms with Crippen molar-refractivity contribution in [3.8, 4) is 0 Å². The van der Waals surface area contributed by atoms with E-state index >= 15 is 0 Å². The first-order valence-electron chi connectivity index (χ1n) is 37.1. The molecular formula is C83H98N12O5SSi. The van der Waals surface area contributed by atoms with E-state index < -0.39 is 18.6 Å². The van der Waals surface area contributed by atoms with Crippen molar-refractivity contribution in [3.05, 3.63) is 229 Å². The summed E-state index contributed by atoms with van der Waals surface area (Å²) in [6, 6.07) is 58.6. The highest BCUT2D eigenvalue weighted by atomic mass is 32.2. The summed E-state index contributed by atoms with van der Waals surface area (Å²) < 4.78 is 41.5. The van der Waals surface area contributed by atoms with E-state index in [9.17, 15) is 13.5 Å². The lowest BCUT2D eigenvalue weighted by Gasteiger charge is -2.43. The number of nitrogens with one attached hydrogen (secondary N) is 3. The standard InChI is InChI=1S/C38H44N4OSi.C23H28N4O3S.C22H26N4O/c1-27-23-30(42-22-21-34-36(39-26-40-37(34)42)41-35-20-19-28-13-11-12-18-33(28)35)24-29(27)25-43-44(38(2,3)4,31-14-7-5-8-15-31)32-16-9-6-10-17-32;1-15-12-18(13-17(15)14-30-31(24,28)29)27-11-9-20-22(8-10-25-23(20)27)26-21-7-6-16-4-2-3-5-19(16)21;1-14-10-17(11-16(14)12-27)26-9-8-19-21(23-13-24-22(19)26)25-20-7-6-15-4-2-3-5-18(15)20/h5-18,21-22,26-27,29-30,35H,19-20,23-25H2,1-4H3,(H,39,40,41);2-5,8-11,15,17-18,21H,6-7,12-14H2,1H3,(H,25,26)(H2,24,28,29);2-5,8-9,13-14,16-17,20,27H,6-7,10-12H2,1H3,(H,23,24,25)/t27?,29-,30-,35?;15?,17-,18-,21?;14?,16-,17-,20?/m000/s1. The molecule has 0 amide bonds. The molecule has 12 atom stereocenters. The molecule has 6 aliphatic carbocycles. The van der Waals surface area contributed by atoms with Crippen LogP contribution in [-0.2, 0) is 38.2 Å². The van der Waals surface area contributed by atoms with Crippen molar-refractivity contribution < 1.29 is 22.1 Å². The van der Waals surface area contributed by atoms with Gasteiger partial charge in [-0.25, -0.2) is 30.1 Å². The molecule has 5 aromatic carbocycles. The first-order valence-corrected chi connectivity index (χ1v) is 40.5. The summed E-state index contributed by atoms with van der Waals surface area (Å²) in [7, 11) is -6.47. The Morgan fingerprint density at radius 1 is 0.490 bits per heavy atom. The number of aromatic nitrogens is 8. The number of hydrogen-bond donors (Lipinski definition) is 5. The Bertz CT molecular complexity index is 4810. The third-order valence-corrected chi connectivity index (χ3v) is 29.3. The van der Waals surface area contributed by atoms with Gasteiger partial charge in [-0.2, -0.15) is 8.42 Å². The highest BCUT2D eigenvalue weighted by Crippen LogP contribution is 2.47. The number of pyridine rings is 1. The number of rotatable bonds is 18. The van der Waals surface area contributed by atoms with Crippen molar-refractivity contribution in [2.24, 2.45) is 40.6 Å². The Hall–Kier alpha value is -8.56. The molecule has 6 N–H and O–H groups in total. The van der Waals surface area contributed by atoms with Gasteiger partial charge in [0.2, 0.25) is 0 Å². The largest absolute Gasteiger partial charge is 0.407 e. The second kappa shape index (κ2) is 29.3. The van der Waals surface area contributed by atoms with Gasteiger partial charge in [0, 0.05) is 67.2 Å². The summed E-state index contributed by atoms with van der Waals surface area (Å²) in [4.78, 5) is 23.3. The third kappa shape index (κ3) is 14.0. The second-order valence-electron chi connectivity index (χ2n) is 31.0. The van der Waals surface area contributed by atoms with Crippen LogP contribution in [0.2, 0.25) is 5.04 Å². The number of anilines is 3. The molecule has 11 aromatic rings. The van der Waals surface area contributed by atoms with E-state index in [1.807, 2.05) is 12.3 Å². The van der Waals surface area contributed by atoms with Crippen molar-refractivity contribution >= 4 is 79.4 Å². The molecule has 3 saturated carbocycles. The number of fused-ring (bicyclic) bond motifs is 6. The maximum absolute atomic E-state index is 11.2. The van der Waals surface area contributed by atoms with E-state index in [-0.39, 0.29) is 30.2 Å². The number of aliphatic hydroxyl groups is 1. The first kappa shape index (κ1) is 69.2. The quantitative estimate of drug-likeness (QED) is 0.0506. The minimum atomic E-state index is -3.91. The Morgan fingerprint density at radius 2 is 0.892 bits per heavy atom. The second-order valence-corrected chi connectivity index (χ2v) is 36.5. The van der Waals surface area contributed by atoms with Crippen molar-refractivity contribution in [3.63, 3.8) is 0 Å². The Kier molecular flexibility index (Phi) is 19.9. The summed E-state index contributed by atoms with van der Waals surface area (Å²) in [5.41, 5.74) is 12.6. The molecule has 0 spiro atoms. The van der Waals surface area contributed by atoms with Crippen LogP contribution in [0.15, 0.2) is 195 Å². The van der Waals surface area contributed by atoms with Gasteiger partial charge in [0.25, 0.3) is 8.32 Å². The van der Waals surface area contributed by atoms with Crippen molar-refractivity contribution in [2.45, 2.75) is 160 Å². The molecule has 6 heterocycles. The number of benzene rings is 5. The van der Waals surface area contributed by atoms with Crippen molar-refractivity contribution in [1.82, 2.24) is 38.6 Å². The fraction of sp³-hybridized carbons (Fsp3) is 0.410. The lowest BCUT2D eigenvalue weighted by atomic mass is 10.00. The maximum atomic E-state index is 11.2. The first-order chi connectivity index (χ1) is 49.5. The van der Waals surface area contributed by atoms with Gasteiger partial charge < -0.3 is 39.2 Å². The topological polar surface area (TPSA) is 214 Å². The van der Waals surface area contributed by atoms with E-state index in [2.05, 4.69) is 256 Å². The number of nitrogens with zero attached hydrogens (tertiary/aromatic N) is 8. The molecule has 0 saturated heterocycles. The van der Waals surface area contributed by atoms with E-state index in [0.717, 1.165) is 134 Å². The van der Waals surface area contributed by atoms with Gasteiger partial charge in [0.15, 0.2) is 0 Å². The molecule has 0 bridgehead atoms. The van der Waals surface area contributed by atoms with Crippen LogP contribution in [0.3, 0.4) is 0 Å². The Morgan fingerprint density at radius 3 is 1.33 bits per heavy atom. The van der Waals surface area contributed by atoms with Gasteiger partial charge >= 0.3 is 10.3 Å². The SMILES string of the molecule is CC1C[C@H](n2ccc3c(NC4CCc5ccccc54)ccnc32)C[C@H]1COS(N)(=O)=O.CC1C[C@H](n2ccc3c(NC4CCc5ccccc54)ncnc32)C[C@H]1CO.CC1C[C@H](n2ccc3c(NC4CCc5ccccc54)ncnc32)C[C@H]1CO[Si](c1ccccc1)(c1ccccc1)C(C)(C)C. The molecule has 6 aliphatic rings. The average Bonchev–Trinajstić information content (AvgIpc) is 1.75. The van der Waals surface area contributed by atoms with Crippen LogP contribution in [0.5, 0.6) is 0 Å². The molecule has 6 aromatic heterocycles. The molecule has 17 rings (SSSR count). The fourth-order valence-corrected chi connectivity index (χ4v) is 23.3. The van der Waals surface area contributed by atoms with Crippen LogP contribution >= 0.6 is 0 Å². The number of nitrogens with two attached hydrogens (primary N) is 1. The zero-order valence-corrected chi connectivity index (χ0v) is 61.5. The van der Waals surface area contributed by atoms with Gasteiger partial charge in [-0.3, -0.25) is 4.18 Å². The number of aliphatic hydroxyl groups excluding tert-OH is 1. The molecule has 530 valence electrons. The lowest BCUT2D eigenvalue weighted by Crippen LogP contribution is -2.67. The van der Waals surface area contributed by atoms with Gasteiger partial charge in [-0.05, 0) is 186 Å². The van der Waals surface area contributed by atoms with E-state index in [1.165, 1.54) is 43.8 Å². The monoisotopic (exact) mass is 1400 g/mol. The summed E-state index contributed by atoms with van der Waals surface area (Å²) >= 11 is 0. The molecule has 102 heavy (non-hydrogen) atoms. The summed E-state index contributed by atoms with van der Waals surface area (Å²) in [5, 5.41) is 31.8. The van der Waals surface area contributed by atoms with E-state index in [0.29, 0.717) is 59.8 Å². The van der Waals surface area contributed by atoms with Gasteiger partial charge in [-0.15, -0.1) is 0 Å². The fourth-order valence-electron chi connectivity index (χ4n) is 18.4. The molecule has 3 fully saturated rings. The molecular weight excluding hydrogens is 1310 g/mol. The zero-order valence-electron chi connectivity index (χ0n) is 59.7. The van der Waals surface area contributed by atoms with Gasteiger partial charge in [0.1, 0.15) is 41.2 Å². The van der Waals surface area contributed by atoms with Crippen LogP contribution < -0.4 is 31.5 Å². The van der Waals surface area contributed by atoms with E-state index in [4.69, 9.17) is 23.7 Å². The van der Waals surface area contributed by atoms with Crippen LogP contribution in [0, 0.1) is 35.5 Å². The maximum Gasteiger partial charge on any atom is 0.333 e. The van der Waals surface area contributed by atoms with Gasteiger partial charge in [0.05, 0.1) is 35.5 Å². The average molecular weight is 1400 g/mol. The summed E-state index contributed by atoms with van der Waals surface area (Å²) in [6.07, 6.45) is 24.5. The van der Waals surface area contributed by atoms with E-state index in [1.54, 1.807) is 12.7 Å². The van der Waals surface area contributed by atoms with Crippen LogP contribution in [0.1, 0.15) is 169 Å². The highest BCUT2D eigenvalue weighted by Gasteiger charge is 2.51. The zero-order chi connectivity index (χ0) is 70.3. The summed E-state index contributed by atoms with van der Waals surface area (Å²) in [6.45, 7) is 15.1. The number of hydrogen-bond acceptors (Lipinski definition) is 13. The van der Waals surface area contributed by atoms with Crippen molar-refractivity contribution in [2.75, 3.05) is 35.8 Å². The molecule has 0 radical (unpaired) electrons. The molecule has 17 nitrogen and oxygen atoms in total. The molecule has 19 heteroatoms. The van der Waals surface area contributed by atoms with Crippen LogP contribution in [0.25, 0.3) is 33.1 Å². The third-order valence-electron chi connectivity index (χ3n) is 23.8. The predicted octanol–water partition coefficient (Wildman–Crippen LogP) is 15.7. The summed E-state index contributed by atoms with van der Waals surface area (Å²) in [5.74, 6) is 4.34. The predicted molar refractivity (Wildman–Crippen MR) is 411 cm³/mol. The Labute approximate surface area is 601 Å². The minimum Gasteiger partial charge on any atom is -0.407 e. The molecule has 6 unspecified atom stereocenters. The molecule has 0 aliphatic heterocycles. The number of aryl methyl sites for hydroxylation is 3. The smallest absolute Gasteiger partial charge is 0.333 e.